The maximum atomic E-state index is 11.9. The van der Waals surface area contributed by atoms with Crippen LogP contribution in [0.4, 0.5) is 3.89 Å². The molecule has 0 saturated heterocycles. The van der Waals surface area contributed by atoms with Crippen LogP contribution in [0.2, 0.25) is 0 Å². The minimum Gasteiger partial charge on any atom is -0.468 e. The summed E-state index contributed by atoms with van der Waals surface area (Å²) in [6.45, 7) is 0.918. The molecule has 0 amide bonds. The smallest absolute Gasteiger partial charge is 0.326 e. The minimum absolute atomic E-state index is 0.918. The highest BCUT2D eigenvalue weighted by molar-refractivity contribution is 7.87. The van der Waals surface area contributed by atoms with Crippen LogP contribution in [0.5, 0.6) is 0 Å². The Hall–Kier alpha value is -0.650. The van der Waals surface area contributed by atoms with Crippen molar-refractivity contribution in [2.75, 3.05) is 7.11 Å². The maximum absolute atomic E-state index is 11.9. The summed E-state index contributed by atoms with van der Waals surface area (Å²) in [5.74, 6) is -1.09. The second kappa shape index (κ2) is 2.96. The van der Waals surface area contributed by atoms with E-state index in [0.717, 1.165) is 14.0 Å². The van der Waals surface area contributed by atoms with Crippen molar-refractivity contribution < 1.29 is 21.8 Å². The van der Waals surface area contributed by atoms with E-state index in [1.807, 2.05) is 0 Å². The Balaban J connectivity index is 4.39. The summed E-state index contributed by atoms with van der Waals surface area (Å²) in [7, 11) is -3.80. The van der Waals surface area contributed by atoms with E-state index in [-0.39, 0.29) is 0 Å². The Bertz CT molecular complexity index is 219. The van der Waals surface area contributed by atoms with E-state index in [2.05, 4.69) is 4.74 Å². The lowest BCUT2D eigenvalue weighted by Gasteiger charge is -2.01. The Morgan fingerprint density at radius 2 is 2.00 bits per heavy atom. The maximum Gasteiger partial charge on any atom is 0.326 e. The topological polar surface area (TPSA) is 60.4 Å². The van der Waals surface area contributed by atoms with Gasteiger partial charge in [-0.2, -0.15) is 8.42 Å². The molecule has 0 saturated carbocycles. The third-order valence-electron chi connectivity index (χ3n) is 0.955. The van der Waals surface area contributed by atoms with Crippen molar-refractivity contribution in [1.29, 1.82) is 0 Å². The van der Waals surface area contributed by atoms with Gasteiger partial charge in [0.05, 0.1) is 7.11 Å². The van der Waals surface area contributed by atoms with Crippen LogP contribution in [0.3, 0.4) is 0 Å². The number of methoxy groups -OCH3 is 1. The van der Waals surface area contributed by atoms with Crippen molar-refractivity contribution in [3.05, 3.63) is 0 Å². The molecule has 60 valence electrons. The first-order valence-electron chi connectivity index (χ1n) is 2.41. The summed E-state index contributed by atoms with van der Waals surface area (Å²) in [6.07, 6.45) is 0. The second-order valence-electron chi connectivity index (χ2n) is 1.64. The van der Waals surface area contributed by atoms with Gasteiger partial charge in [0.15, 0.2) is 5.25 Å². The predicted molar refractivity (Wildman–Crippen MR) is 31.5 cm³/mol. The van der Waals surface area contributed by atoms with Crippen molar-refractivity contribution in [2.24, 2.45) is 0 Å². The van der Waals surface area contributed by atoms with Gasteiger partial charge in [-0.25, -0.2) is 0 Å². The highest BCUT2D eigenvalue weighted by Crippen LogP contribution is 2.03. The fourth-order valence-corrected chi connectivity index (χ4v) is 0.607. The van der Waals surface area contributed by atoms with Gasteiger partial charge in [0.25, 0.3) is 0 Å². The molecule has 0 rings (SSSR count). The molecule has 1 atom stereocenters. The number of ether oxygens (including phenoxy) is 1. The molecule has 0 N–H and O–H groups in total. The summed E-state index contributed by atoms with van der Waals surface area (Å²) in [5.41, 5.74) is 0. The molecular formula is C4H7FO4S. The summed E-state index contributed by atoms with van der Waals surface area (Å²) in [4.78, 5) is 10.3. The molecule has 0 radical (unpaired) electrons. The molecule has 0 aromatic rings. The van der Waals surface area contributed by atoms with Gasteiger partial charge in [-0.3, -0.25) is 4.79 Å². The molecule has 0 aliphatic rings. The van der Waals surface area contributed by atoms with E-state index < -0.39 is 21.4 Å². The summed E-state index contributed by atoms with van der Waals surface area (Å²) < 4.78 is 35.8. The van der Waals surface area contributed by atoms with E-state index in [4.69, 9.17) is 0 Å². The van der Waals surface area contributed by atoms with Gasteiger partial charge in [-0.05, 0) is 6.92 Å². The normalized spacial score (nSPS) is 14.3. The minimum atomic E-state index is -4.79. The number of esters is 1. The van der Waals surface area contributed by atoms with Gasteiger partial charge in [0, 0.05) is 0 Å². The lowest BCUT2D eigenvalue weighted by atomic mass is 10.5. The van der Waals surface area contributed by atoms with Gasteiger partial charge >= 0.3 is 16.2 Å². The van der Waals surface area contributed by atoms with Gasteiger partial charge in [-0.1, -0.05) is 0 Å². The van der Waals surface area contributed by atoms with Gasteiger partial charge in [0.1, 0.15) is 0 Å². The quantitative estimate of drug-likeness (QED) is 0.427. The van der Waals surface area contributed by atoms with Crippen LogP contribution in [0, 0.1) is 0 Å². The predicted octanol–water partition coefficient (Wildman–Crippen LogP) is -0.153. The number of carbonyl (C=O) groups excluding carboxylic acids is 1. The number of hydrogen-bond acceptors (Lipinski definition) is 4. The van der Waals surface area contributed by atoms with E-state index in [9.17, 15) is 17.1 Å². The van der Waals surface area contributed by atoms with Crippen molar-refractivity contribution in [3.8, 4) is 0 Å². The molecule has 0 aromatic heterocycles. The molecule has 0 spiro atoms. The van der Waals surface area contributed by atoms with Crippen LogP contribution in [-0.4, -0.2) is 26.7 Å². The summed E-state index contributed by atoms with van der Waals surface area (Å²) in [5, 5.41) is -1.72. The lowest BCUT2D eigenvalue weighted by molar-refractivity contribution is -0.139. The van der Waals surface area contributed by atoms with Crippen molar-refractivity contribution in [2.45, 2.75) is 12.2 Å². The molecule has 0 aliphatic heterocycles. The van der Waals surface area contributed by atoms with Gasteiger partial charge in [0.2, 0.25) is 0 Å². The van der Waals surface area contributed by atoms with Crippen molar-refractivity contribution in [3.63, 3.8) is 0 Å². The first-order valence-corrected chi connectivity index (χ1v) is 3.85. The molecule has 0 aromatic carbocycles. The number of carbonyl (C=O) groups is 1. The SMILES string of the molecule is COC(=O)C(C)S(=O)(=O)F. The fourth-order valence-electron chi connectivity index (χ4n) is 0.281. The molecule has 0 aliphatic carbocycles. The zero-order valence-corrected chi connectivity index (χ0v) is 6.31. The standard InChI is InChI=1S/C4H7FO4S/c1-3(4(6)9-2)10(5,7)8/h3H,1-2H3. The Kier molecular flexibility index (Phi) is 2.77. The van der Waals surface area contributed by atoms with Crippen molar-refractivity contribution >= 4 is 16.2 Å². The largest absolute Gasteiger partial charge is 0.468 e. The van der Waals surface area contributed by atoms with E-state index >= 15 is 0 Å². The van der Waals surface area contributed by atoms with Crippen LogP contribution in [-0.2, 0) is 19.8 Å². The Morgan fingerprint density at radius 1 is 1.60 bits per heavy atom. The summed E-state index contributed by atoms with van der Waals surface area (Å²) >= 11 is 0. The van der Waals surface area contributed by atoms with Crippen LogP contribution < -0.4 is 0 Å². The van der Waals surface area contributed by atoms with Crippen LogP contribution in [0.1, 0.15) is 6.92 Å². The monoisotopic (exact) mass is 170 g/mol. The first-order chi connectivity index (χ1) is 4.39. The molecule has 1 unspecified atom stereocenters. The fraction of sp³-hybridized carbons (Fsp3) is 0.750. The van der Waals surface area contributed by atoms with E-state index in [1.165, 1.54) is 0 Å². The average molecular weight is 170 g/mol. The first kappa shape index (κ1) is 9.35. The number of hydrogen-bond donors (Lipinski definition) is 0. The third-order valence-corrected chi connectivity index (χ3v) is 1.99. The molecular weight excluding hydrogens is 163 g/mol. The molecule has 0 fully saturated rings. The average Bonchev–Trinajstić information content (AvgIpc) is 1.83. The Morgan fingerprint density at radius 3 is 2.10 bits per heavy atom. The van der Waals surface area contributed by atoms with Gasteiger partial charge < -0.3 is 4.74 Å². The third kappa shape index (κ3) is 2.30. The molecule has 10 heavy (non-hydrogen) atoms. The molecule has 4 nitrogen and oxygen atoms in total. The number of halogens is 1. The molecule has 0 heterocycles. The second-order valence-corrected chi connectivity index (χ2v) is 3.30. The highest BCUT2D eigenvalue weighted by atomic mass is 32.3. The van der Waals surface area contributed by atoms with Crippen LogP contribution in [0.25, 0.3) is 0 Å². The molecule has 6 heteroatoms. The summed E-state index contributed by atoms with van der Waals surface area (Å²) in [6, 6.07) is 0. The van der Waals surface area contributed by atoms with Gasteiger partial charge in [-0.15, -0.1) is 3.89 Å². The number of rotatable bonds is 2. The van der Waals surface area contributed by atoms with Crippen molar-refractivity contribution in [1.82, 2.24) is 0 Å². The molecule has 0 bridgehead atoms. The zero-order valence-electron chi connectivity index (χ0n) is 5.50. The van der Waals surface area contributed by atoms with E-state index in [0.29, 0.717) is 0 Å². The van der Waals surface area contributed by atoms with Crippen LogP contribution >= 0.6 is 0 Å². The van der Waals surface area contributed by atoms with E-state index in [1.54, 1.807) is 0 Å². The Labute approximate surface area is 58.2 Å². The highest BCUT2D eigenvalue weighted by Gasteiger charge is 2.27. The van der Waals surface area contributed by atoms with Crippen LogP contribution in [0.15, 0.2) is 0 Å². The zero-order chi connectivity index (χ0) is 8.36. The lowest BCUT2D eigenvalue weighted by Crippen LogP contribution is -2.24.